The van der Waals surface area contributed by atoms with Gasteiger partial charge < -0.3 is 15.6 Å². The van der Waals surface area contributed by atoms with Gasteiger partial charge >= 0.3 is 0 Å². The van der Waals surface area contributed by atoms with E-state index in [-0.39, 0.29) is 5.91 Å². The summed E-state index contributed by atoms with van der Waals surface area (Å²) in [6.45, 7) is 3.91. The van der Waals surface area contributed by atoms with Crippen molar-refractivity contribution >= 4 is 45.2 Å². The zero-order valence-corrected chi connectivity index (χ0v) is 18.4. The molecule has 8 nitrogen and oxygen atoms in total. The van der Waals surface area contributed by atoms with Gasteiger partial charge in [-0.1, -0.05) is 24.3 Å². The predicted octanol–water partition coefficient (Wildman–Crippen LogP) is 4.83. The summed E-state index contributed by atoms with van der Waals surface area (Å²) in [5, 5.41) is 7.27. The molecule has 1 amide bonds. The lowest BCUT2D eigenvalue weighted by Crippen LogP contribution is -2.13. The standard InChI is InChI=1S/C25H23N7O/c1-15-5-3-7-18-14-27-25(32-23(15)18)30-19-11-20-24(29-16(2)28-20)21(12-19)31-22(33)9-8-17-6-4-10-26-13-17/h3-7,10-14H,8-9H2,1-2H3,(H,28,29)(H,31,33)(H,27,30,32). The maximum Gasteiger partial charge on any atom is 0.227 e. The Hall–Kier alpha value is -4.33. The highest BCUT2D eigenvalue weighted by atomic mass is 16.1. The van der Waals surface area contributed by atoms with E-state index in [1.807, 2.05) is 56.3 Å². The van der Waals surface area contributed by atoms with E-state index in [1.54, 1.807) is 18.6 Å². The van der Waals surface area contributed by atoms with Gasteiger partial charge in [0.2, 0.25) is 11.9 Å². The zero-order chi connectivity index (χ0) is 22.8. The molecule has 0 fully saturated rings. The first-order valence-electron chi connectivity index (χ1n) is 10.7. The number of para-hydroxylation sites is 1. The lowest BCUT2D eigenvalue weighted by Gasteiger charge is -2.11. The van der Waals surface area contributed by atoms with Crippen molar-refractivity contribution in [2.24, 2.45) is 0 Å². The molecule has 3 aromatic heterocycles. The van der Waals surface area contributed by atoms with Crippen LogP contribution < -0.4 is 10.6 Å². The van der Waals surface area contributed by atoms with Crippen LogP contribution in [0.25, 0.3) is 21.9 Å². The minimum Gasteiger partial charge on any atom is -0.342 e. The van der Waals surface area contributed by atoms with E-state index >= 15 is 0 Å². The quantitative estimate of drug-likeness (QED) is 0.351. The van der Waals surface area contributed by atoms with Gasteiger partial charge in [-0.15, -0.1) is 0 Å². The van der Waals surface area contributed by atoms with Gasteiger partial charge in [-0.3, -0.25) is 9.78 Å². The number of fused-ring (bicyclic) bond motifs is 2. The molecular weight excluding hydrogens is 414 g/mol. The van der Waals surface area contributed by atoms with Crippen molar-refractivity contribution in [2.45, 2.75) is 26.7 Å². The summed E-state index contributed by atoms with van der Waals surface area (Å²) >= 11 is 0. The highest BCUT2D eigenvalue weighted by Gasteiger charge is 2.13. The topological polar surface area (TPSA) is 108 Å². The second kappa shape index (κ2) is 8.66. The Morgan fingerprint density at radius 1 is 1.03 bits per heavy atom. The molecule has 5 aromatic rings. The van der Waals surface area contributed by atoms with E-state index in [1.165, 1.54) is 0 Å². The molecule has 0 atom stereocenters. The van der Waals surface area contributed by atoms with Gasteiger partial charge in [-0.05, 0) is 49.6 Å². The first-order chi connectivity index (χ1) is 16.0. The summed E-state index contributed by atoms with van der Waals surface area (Å²) in [6.07, 6.45) is 6.27. The summed E-state index contributed by atoms with van der Waals surface area (Å²) < 4.78 is 0. The van der Waals surface area contributed by atoms with Gasteiger partial charge in [0.05, 0.1) is 16.7 Å². The van der Waals surface area contributed by atoms with Crippen molar-refractivity contribution in [3.05, 3.63) is 78.0 Å². The predicted molar refractivity (Wildman–Crippen MR) is 130 cm³/mol. The third kappa shape index (κ3) is 4.50. The number of hydrogen-bond acceptors (Lipinski definition) is 6. The van der Waals surface area contributed by atoms with Crippen molar-refractivity contribution in [2.75, 3.05) is 10.6 Å². The Morgan fingerprint density at radius 3 is 2.79 bits per heavy atom. The number of anilines is 3. The Morgan fingerprint density at radius 2 is 1.94 bits per heavy atom. The third-order valence-electron chi connectivity index (χ3n) is 5.41. The number of benzene rings is 2. The lowest BCUT2D eigenvalue weighted by molar-refractivity contribution is -0.116. The number of carbonyl (C=O) groups excluding carboxylic acids is 1. The molecule has 8 heteroatoms. The van der Waals surface area contributed by atoms with Crippen LogP contribution in [0.2, 0.25) is 0 Å². The van der Waals surface area contributed by atoms with Crippen LogP contribution in [0, 0.1) is 13.8 Å². The van der Waals surface area contributed by atoms with Crippen LogP contribution >= 0.6 is 0 Å². The molecule has 0 bridgehead atoms. The van der Waals surface area contributed by atoms with Crippen LogP contribution in [0.5, 0.6) is 0 Å². The van der Waals surface area contributed by atoms with E-state index in [0.29, 0.717) is 30.0 Å². The Balaban J connectivity index is 1.41. The number of hydrogen-bond donors (Lipinski definition) is 3. The first kappa shape index (κ1) is 20.6. The molecular formula is C25H23N7O. The zero-order valence-electron chi connectivity index (χ0n) is 18.4. The molecule has 2 aromatic carbocycles. The van der Waals surface area contributed by atoms with Crippen LogP contribution in [-0.4, -0.2) is 30.8 Å². The third-order valence-corrected chi connectivity index (χ3v) is 5.41. The Kier molecular flexibility index (Phi) is 5.40. The van der Waals surface area contributed by atoms with E-state index in [4.69, 9.17) is 0 Å². The maximum absolute atomic E-state index is 12.7. The molecule has 3 heterocycles. The molecule has 5 rings (SSSR count). The number of aromatic amines is 1. The molecule has 164 valence electrons. The largest absolute Gasteiger partial charge is 0.342 e. The van der Waals surface area contributed by atoms with Crippen molar-refractivity contribution in [1.29, 1.82) is 0 Å². The fourth-order valence-corrected chi connectivity index (χ4v) is 3.82. The molecule has 0 spiro atoms. The van der Waals surface area contributed by atoms with Gasteiger partial charge in [0.25, 0.3) is 0 Å². The number of amides is 1. The fraction of sp³-hybridized carbons (Fsp3) is 0.160. The smallest absolute Gasteiger partial charge is 0.227 e. The number of carbonyl (C=O) groups is 1. The van der Waals surface area contributed by atoms with E-state index in [9.17, 15) is 4.79 Å². The molecule has 3 N–H and O–H groups in total. The van der Waals surface area contributed by atoms with Crippen LogP contribution in [0.1, 0.15) is 23.4 Å². The molecule has 0 radical (unpaired) electrons. The van der Waals surface area contributed by atoms with Gasteiger partial charge in [0, 0.05) is 36.1 Å². The first-order valence-corrected chi connectivity index (χ1v) is 10.7. The summed E-state index contributed by atoms with van der Waals surface area (Å²) in [4.78, 5) is 33.7. The molecule has 0 aliphatic carbocycles. The van der Waals surface area contributed by atoms with Crippen molar-refractivity contribution in [1.82, 2.24) is 24.9 Å². The molecule has 0 aliphatic heterocycles. The average Bonchev–Trinajstić information content (AvgIpc) is 3.19. The van der Waals surface area contributed by atoms with Gasteiger partial charge in [-0.25, -0.2) is 15.0 Å². The minimum absolute atomic E-state index is 0.0875. The number of rotatable bonds is 6. The van der Waals surface area contributed by atoms with Gasteiger partial charge in [0.15, 0.2) is 0 Å². The second-order valence-corrected chi connectivity index (χ2v) is 7.98. The van der Waals surface area contributed by atoms with Crippen LogP contribution in [0.15, 0.2) is 61.1 Å². The second-order valence-electron chi connectivity index (χ2n) is 7.98. The average molecular weight is 438 g/mol. The molecule has 0 saturated heterocycles. The normalized spacial score (nSPS) is 11.1. The Bertz CT molecular complexity index is 1460. The number of pyridine rings is 1. The minimum atomic E-state index is -0.0875. The van der Waals surface area contributed by atoms with Crippen molar-refractivity contribution < 1.29 is 4.79 Å². The van der Waals surface area contributed by atoms with Crippen molar-refractivity contribution in [3.8, 4) is 0 Å². The van der Waals surface area contributed by atoms with E-state index in [0.717, 1.165) is 39.1 Å². The van der Waals surface area contributed by atoms with Gasteiger partial charge in [-0.2, -0.15) is 0 Å². The summed E-state index contributed by atoms with van der Waals surface area (Å²) in [5.74, 6) is 1.17. The van der Waals surface area contributed by atoms with Gasteiger partial charge in [0.1, 0.15) is 11.3 Å². The number of H-pyrrole nitrogens is 1. The maximum atomic E-state index is 12.7. The van der Waals surface area contributed by atoms with Crippen LogP contribution in [0.4, 0.5) is 17.3 Å². The molecule has 0 saturated carbocycles. The summed E-state index contributed by atoms with van der Waals surface area (Å²) in [7, 11) is 0. The summed E-state index contributed by atoms with van der Waals surface area (Å²) in [5.41, 5.74) is 5.92. The highest BCUT2D eigenvalue weighted by Crippen LogP contribution is 2.28. The number of nitrogens with zero attached hydrogens (tertiary/aromatic N) is 4. The SMILES string of the molecule is Cc1nc2c(NC(=O)CCc3cccnc3)cc(Nc3ncc4cccc(C)c4n3)cc2[nH]1. The number of nitrogens with one attached hydrogen (secondary N) is 3. The van der Waals surface area contributed by atoms with E-state index < -0.39 is 0 Å². The number of aromatic nitrogens is 5. The van der Waals surface area contributed by atoms with E-state index in [2.05, 4.69) is 35.6 Å². The lowest BCUT2D eigenvalue weighted by atomic mass is 10.1. The van der Waals surface area contributed by atoms with Crippen molar-refractivity contribution in [3.63, 3.8) is 0 Å². The molecule has 0 aliphatic rings. The molecule has 0 unspecified atom stereocenters. The number of aryl methyl sites for hydroxylation is 3. The molecule has 33 heavy (non-hydrogen) atoms. The fourth-order valence-electron chi connectivity index (χ4n) is 3.82. The highest BCUT2D eigenvalue weighted by molar-refractivity contribution is 6.01. The summed E-state index contributed by atoms with van der Waals surface area (Å²) in [6, 6.07) is 13.6. The Labute approximate surface area is 190 Å². The van der Waals surface area contributed by atoms with Crippen LogP contribution in [-0.2, 0) is 11.2 Å². The number of imidazole rings is 1. The van der Waals surface area contributed by atoms with Crippen LogP contribution in [0.3, 0.4) is 0 Å². The monoisotopic (exact) mass is 437 g/mol.